The van der Waals surface area contributed by atoms with E-state index in [0.717, 1.165) is 29.7 Å². The first-order valence-corrected chi connectivity index (χ1v) is 10.1. The van der Waals surface area contributed by atoms with Gasteiger partial charge in [0.1, 0.15) is 11.1 Å². The molecule has 0 radical (unpaired) electrons. The molecule has 1 unspecified atom stereocenters. The average Bonchev–Trinajstić information content (AvgIpc) is 2.90. The minimum atomic E-state index is -3.88. The van der Waals surface area contributed by atoms with Crippen molar-refractivity contribution in [2.75, 3.05) is 5.32 Å². The Morgan fingerprint density at radius 1 is 1.44 bits per heavy atom. The van der Waals surface area contributed by atoms with Gasteiger partial charge in [-0.2, -0.15) is 5.26 Å². The second-order valence-electron chi connectivity index (χ2n) is 6.19. The molecule has 0 fully saturated rings. The summed E-state index contributed by atoms with van der Waals surface area (Å²) >= 11 is 1.43. The fourth-order valence-electron chi connectivity index (χ4n) is 2.95. The highest BCUT2D eigenvalue weighted by molar-refractivity contribution is 7.89. The van der Waals surface area contributed by atoms with Crippen molar-refractivity contribution in [3.63, 3.8) is 0 Å². The van der Waals surface area contributed by atoms with Crippen LogP contribution in [0.4, 0.5) is 5.00 Å². The fraction of sp³-hybridized carbons (Fsp3) is 0.294. The van der Waals surface area contributed by atoms with Crippen molar-refractivity contribution in [1.82, 2.24) is 0 Å². The van der Waals surface area contributed by atoms with Gasteiger partial charge < -0.3 is 5.32 Å². The monoisotopic (exact) mass is 375 g/mol. The summed E-state index contributed by atoms with van der Waals surface area (Å²) < 4.78 is 22.9. The predicted octanol–water partition coefficient (Wildman–Crippen LogP) is 2.64. The SMILES string of the molecule is CC1CCc2c(sc(NC(=O)c3cccc(S(N)(=O)=O)c3)c2C#N)C1. The maximum absolute atomic E-state index is 12.5. The number of carbonyl (C=O) groups is 1. The minimum absolute atomic E-state index is 0.125. The van der Waals surface area contributed by atoms with Crippen molar-refractivity contribution in [2.45, 2.75) is 31.1 Å². The van der Waals surface area contributed by atoms with E-state index in [4.69, 9.17) is 5.14 Å². The molecule has 1 heterocycles. The Bertz CT molecular complexity index is 987. The van der Waals surface area contributed by atoms with Gasteiger partial charge in [-0.25, -0.2) is 13.6 Å². The van der Waals surface area contributed by atoms with Gasteiger partial charge in [-0.1, -0.05) is 13.0 Å². The molecule has 3 rings (SSSR count). The second kappa shape index (κ2) is 6.59. The molecule has 1 aliphatic carbocycles. The standard InChI is InChI=1S/C17H17N3O3S2/c1-10-5-6-13-14(9-18)17(24-15(13)7-10)20-16(21)11-3-2-4-12(8-11)25(19,22)23/h2-4,8,10H,5-7H2,1H3,(H,20,21)(H2,19,22,23). The molecular formula is C17H17N3O3S2. The third-order valence-corrected chi connectivity index (χ3v) is 6.36. The van der Waals surface area contributed by atoms with Crippen LogP contribution in [0, 0.1) is 17.2 Å². The summed E-state index contributed by atoms with van der Waals surface area (Å²) in [6.45, 7) is 2.17. The molecule has 25 heavy (non-hydrogen) atoms. The van der Waals surface area contributed by atoms with E-state index in [-0.39, 0.29) is 10.5 Å². The molecule has 0 saturated carbocycles. The van der Waals surface area contributed by atoms with Gasteiger partial charge in [0.2, 0.25) is 10.0 Å². The lowest BCUT2D eigenvalue weighted by atomic mass is 9.88. The molecule has 1 aliphatic rings. The van der Waals surface area contributed by atoms with Crippen LogP contribution in [0.15, 0.2) is 29.2 Å². The Balaban J connectivity index is 1.91. The number of nitrogens with two attached hydrogens (primary N) is 1. The summed E-state index contributed by atoms with van der Waals surface area (Å²) in [5, 5.41) is 17.8. The van der Waals surface area contributed by atoms with Crippen LogP contribution < -0.4 is 10.5 Å². The van der Waals surface area contributed by atoms with Gasteiger partial charge in [-0.05, 0) is 48.9 Å². The van der Waals surface area contributed by atoms with Gasteiger partial charge in [0.05, 0.1) is 10.5 Å². The van der Waals surface area contributed by atoms with Crippen molar-refractivity contribution < 1.29 is 13.2 Å². The lowest BCUT2D eigenvalue weighted by molar-refractivity contribution is 0.102. The molecular weight excluding hydrogens is 358 g/mol. The van der Waals surface area contributed by atoms with Gasteiger partial charge >= 0.3 is 0 Å². The van der Waals surface area contributed by atoms with Crippen LogP contribution in [-0.2, 0) is 22.9 Å². The Labute approximate surface area is 150 Å². The van der Waals surface area contributed by atoms with Crippen LogP contribution >= 0.6 is 11.3 Å². The van der Waals surface area contributed by atoms with Crippen molar-refractivity contribution >= 4 is 32.3 Å². The van der Waals surface area contributed by atoms with E-state index in [2.05, 4.69) is 18.3 Å². The number of hydrogen-bond acceptors (Lipinski definition) is 5. The highest BCUT2D eigenvalue weighted by atomic mass is 32.2. The molecule has 8 heteroatoms. The molecule has 1 atom stereocenters. The minimum Gasteiger partial charge on any atom is -0.312 e. The molecule has 2 aromatic rings. The first kappa shape index (κ1) is 17.6. The number of carbonyl (C=O) groups excluding carboxylic acids is 1. The zero-order chi connectivity index (χ0) is 18.2. The third-order valence-electron chi connectivity index (χ3n) is 4.28. The lowest BCUT2D eigenvalue weighted by Crippen LogP contribution is -2.15. The number of nitriles is 1. The van der Waals surface area contributed by atoms with Crippen molar-refractivity contribution in [2.24, 2.45) is 11.1 Å². The Hall–Kier alpha value is -2.21. The Morgan fingerprint density at radius 3 is 2.88 bits per heavy atom. The van der Waals surface area contributed by atoms with Crippen molar-refractivity contribution in [3.8, 4) is 6.07 Å². The number of amides is 1. The molecule has 3 N–H and O–H groups in total. The van der Waals surface area contributed by atoms with E-state index >= 15 is 0 Å². The van der Waals surface area contributed by atoms with E-state index in [1.807, 2.05) is 0 Å². The molecule has 0 bridgehead atoms. The van der Waals surface area contributed by atoms with E-state index in [1.165, 1.54) is 35.6 Å². The molecule has 130 valence electrons. The normalized spacial score (nSPS) is 16.8. The van der Waals surface area contributed by atoms with Gasteiger partial charge in [0, 0.05) is 10.4 Å². The average molecular weight is 375 g/mol. The number of benzene rings is 1. The predicted molar refractivity (Wildman–Crippen MR) is 96.0 cm³/mol. The van der Waals surface area contributed by atoms with Gasteiger partial charge in [0.15, 0.2) is 0 Å². The molecule has 0 spiro atoms. The number of thiophene rings is 1. The Kier molecular flexibility index (Phi) is 4.64. The number of primary sulfonamides is 1. The van der Waals surface area contributed by atoms with Crippen molar-refractivity contribution in [1.29, 1.82) is 5.26 Å². The van der Waals surface area contributed by atoms with Crippen LogP contribution in [0.1, 0.15) is 39.7 Å². The van der Waals surface area contributed by atoms with E-state index in [1.54, 1.807) is 0 Å². The number of sulfonamides is 1. The van der Waals surface area contributed by atoms with Crippen LogP contribution in [0.5, 0.6) is 0 Å². The molecule has 1 aromatic heterocycles. The number of fused-ring (bicyclic) bond motifs is 1. The van der Waals surface area contributed by atoms with E-state index < -0.39 is 15.9 Å². The van der Waals surface area contributed by atoms with E-state index in [9.17, 15) is 18.5 Å². The summed E-state index contributed by atoms with van der Waals surface area (Å²) in [5.41, 5.74) is 1.72. The quantitative estimate of drug-likeness (QED) is 0.858. The summed E-state index contributed by atoms with van der Waals surface area (Å²) in [7, 11) is -3.88. The van der Waals surface area contributed by atoms with Gasteiger partial charge in [0.25, 0.3) is 5.91 Å². The largest absolute Gasteiger partial charge is 0.312 e. The lowest BCUT2D eigenvalue weighted by Gasteiger charge is -2.17. The summed E-state index contributed by atoms with van der Waals surface area (Å²) in [6, 6.07) is 7.72. The summed E-state index contributed by atoms with van der Waals surface area (Å²) in [5.74, 6) is 0.0985. The molecule has 0 aliphatic heterocycles. The zero-order valence-electron chi connectivity index (χ0n) is 13.6. The number of nitrogens with zero attached hydrogens (tertiary/aromatic N) is 1. The molecule has 0 saturated heterocycles. The Morgan fingerprint density at radius 2 is 2.20 bits per heavy atom. The second-order valence-corrected chi connectivity index (χ2v) is 8.86. The molecule has 1 amide bonds. The summed E-state index contributed by atoms with van der Waals surface area (Å²) in [4.78, 5) is 13.5. The fourth-order valence-corrected chi connectivity index (χ4v) is 4.86. The third kappa shape index (κ3) is 3.58. The highest BCUT2D eigenvalue weighted by Crippen LogP contribution is 2.39. The summed E-state index contributed by atoms with van der Waals surface area (Å²) in [6.07, 6.45) is 2.78. The number of rotatable bonds is 3. The first-order valence-electron chi connectivity index (χ1n) is 7.78. The van der Waals surface area contributed by atoms with Crippen LogP contribution in [-0.4, -0.2) is 14.3 Å². The van der Waals surface area contributed by atoms with Crippen molar-refractivity contribution in [3.05, 3.63) is 45.8 Å². The number of anilines is 1. The zero-order valence-corrected chi connectivity index (χ0v) is 15.2. The van der Waals surface area contributed by atoms with Gasteiger partial charge in [-0.3, -0.25) is 4.79 Å². The maximum atomic E-state index is 12.5. The number of hydrogen-bond donors (Lipinski definition) is 2. The van der Waals surface area contributed by atoms with Crippen LogP contribution in [0.3, 0.4) is 0 Å². The van der Waals surface area contributed by atoms with E-state index in [0.29, 0.717) is 16.5 Å². The smallest absolute Gasteiger partial charge is 0.256 e. The maximum Gasteiger partial charge on any atom is 0.256 e. The van der Waals surface area contributed by atoms with Crippen LogP contribution in [0.2, 0.25) is 0 Å². The van der Waals surface area contributed by atoms with Gasteiger partial charge in [-0.15, -0.1) is 11.3 Å². The molecule has 1 aromatic carbocycles. The molecule has 6 nitrogen and oxygen atoms in total. The van der Waals surface area contributed by atoms with Crippen LogP contribution in [0.25, 0.3) is 0 Å². The first-order chi connectivity index (χ1) is 11.8. The topological polar surface area (TPSA) is 113 Å². The highest BCUT2D eigenvalue weighted by Gasteiger charge is 2.25. The number of nitrogens with one attached hydrogen (secondary N) is 1.